The van der Waals surface area contributed by atoms with Crippen LogP contribution >= 0.6 is 0 Å². The number of ether oxygens (including phenoxy) is 1. The lowest BCUT2D eigenvalue weighted by molar-refractivity contribution is -0.159. The molecule has 0 aromatic rings. The first-order chi connectivity index (χ1) is 7.33. The quantitative estimate of drug-likeness (QED) is 0.466. The van der Waals surface area contributed by atoms with Gasteiger partial charge in [-0.1, -0.05) is 20.8 Å². The van der Waals surface area contributed by atoms with Crippen molar-refractivity contribution in [3.63, 3.8) is 0 Å². The summed E-state index contributed by atoms with van der Waals surface area (Å²) in [5.74, 6) is -0.0131. The molecular weight excluding hydrogens is 204 g/mol. The zero-order valence-corrected chi connectivity index (χ0v) is 10.1. The molecule has 0 N–H and O–H groups in total. The van der Waals surface area contributed by atoms with Gasteiger partial charge in [-0.2, -0.15) is 0 Å². The molecular formula is C13H18O3. The molecule has 16 heavy (non-hydrogen) atoms. The lowest BCUT2D eigenvalue weighted by Gasteiger charge is -2.43. The Labute approximate surface area is 95.5 Å². The van der Waals surface area contributed by atoms with E-state index < -0.39 is 5.41 Å². The predicted molar refractivity (Wildman–Crippen MR) is 57.4 cm³/mol. The van der Waals surface area contributed by atoms with Gasteiger partial charge < -0.3 is 4.74 Å². The molecule has 0 unspecified atom stereocenters. The summed E-state index contributed by atoms with van der Waals surface area (Å²) in [7, 11) is 0. The van der Waals surface area contributed by atoms with Gasteiger partial charge in [-0.3, -0.25) is 9.59 Å². The molecule has 3 aliphatic rings. The normalized spacial score (nSPS) is 49.1. The maximum atomic E-state index is 12.0. The van der Waals surface area contributed by atoms with Gasteiger partial charge in [-0.15, -0.1) is 0 Å². The van der Waals surface area contributed by atoms with E-state index in [0.29, 0.717) is 12.3 Å². The highest BCUT2D eigenvalue weighted by Gasteiger charge is 2.74. The van der Waals surface area contributed by atoms with Gasteiger partial charge in [0.15, 0.2) is 0 Å². The van der Waals surface area contributed by atoms with Crippen molar-refractivity contribution >= 4 is 11.9 Å². The predicted octanol–water partition coefficient (Wildman–Crippen LogP) is 2.29. The Morgan fingerprint density at radius 3 is 2.31 bits per heavy atom. The molecule has 2 bridgehead atoms. The summed E-state index contributed by atoms with van der Waals surface area (Å²) < 4.78 is 4.83. The molecule has 0 aromatic heterocycles. The molecule has 2 saturated carbocycles. The van der Waals surface area contributed by atoms with Crippen LogP contribution in [0.2, 0.25) is 0 Å². The number of esters is 2. The Hall–Kier alpha value is -0.860. The molecule has 1 spiro atoms. The van der Waals surface area contributed by atoms with Crippen molar-refractivity contribution < 1.29 is 14.3 Å². The fraction of sp³-hybridized carbons (Fsp3) is 0.846. The monoisotopic (exact) mass is 222 g/mol. The van der Waals surface area contributed by atoms with Crippen molar-refractivity contribution in [2.45, 2.75) is 46.5 Å². The van der Waals surface area contributed by atoms with E-state index in [9.17, 15) is 9.59 Å². The summed E-state index contributed by atoms with van der Waals surface area (Å²) in [5, 5.41) is 0. The summed E-state index contributed by atoms with van der Waals surface area (Å²) in [4.78, 5) is 23.4. The largest absolute Gasteiger partial charge is 0.393 e. The van der Waals surface area contributed by atoms with Crippen molar-refractivity contribution in [3.05, 3.63) is 0 Å². The minimum atomic E-state index is -0.503. The summed E-state index contributed by atoms with van der Waals surface area (Å²) in [6, 6.07) is 0. The van der Waals surface area contributed by atoms with Gasteiger partial charge in [0.2, 0.25) is 0 Å². The molecule has 3 fully saturated rings. The topological polar surface area (TPSA) is 43.4 Å². The van der Waals surface area contributed by atoms with Crippen LogP contribution in [0.5, 0.6) is 0 Å². The first-order valence-electron chi connectivity index (χ1n) is 6.09. The number of fused-ring (bicyclic) bond motifs is 3. The molecule has 0 amide bonds. The van der Waals surface area contributed by atoms with Crippen LogP contribution in [0.1, 0.15) is 46.5 Å². The van der Waals surface area contributed by atoms with E-state index in [-0.39, 0.29) is 22.8 Å². The van der Waals surface area contributed by atoms with Gasteiger partial charge >= 0.3 is 11.9 Å². The molecule has 1 heterocycles. The highest BCUT2D eigenvalue weighted by molar-refractivity contribution is 5.98. The van der Waals surface area contributed by atoms with E-state index >= 15 is 0 Å². The smallest absolute Gasteiger partial charge is 0.320 e. The molecule has 2 aliphatic carbocycles. The molecule has 3 rings (SSSR count). The van der Waals surface area contributed by atoms with Crippen molar-refractivity contribution in [2.24, 2.45) is 22.2 Å². The maximum absolute atomic E-state index is 12.0. The number of carbonyl (C=O) groups is 2. The first kappa shape index (κ1) is 10.3. The summed E-state index contributed by atoms with van der Waals surface area (Å²) in [6.07, 6.45) is 3.39. The Balaban J connectivity index is 2.13. The van der Waals surface area contributed by atoms with Crippen LogP contribution < -0.4 is 0 Å². The highest BCUT2D eigenvalue weighted by atomic mass is 16.6. The lowest BCUT2D eigenvalue weighted by atomic mass is 9.58. The van der Waals surface area contributed by atoms with Gasteiger partial charge in [0, 0.05) is 0 Å². The summed E-state index contributed by atoms with van der Waals surface area (Å²) in [5.41, 5.74) is -0.416. The average Bonchev–Trinajstić information content (AvgIpc) is 2.63. The van der Waals surface area contributed by atoms with Crippen molar-refractivity contribution in [1.82, 2.24) is 0 Å². The van der Waals surface area contributed by atoms with E-state index in [2.05, 4.69) is 20.8 Å². The fourth-order valence-electron chi connectivity index (χ4n) is 4.59. The molecule has 3 nitrogen and oxygen atoms in total. The van der Waals surface area contributed by atoms with Crippen molar-refractivity contribution in [2.75, 3.05) is 0 Å². The Kier molecular flexibility index (Phi) is 1.62. The van der Waals surface area contributed by atoms with Crippen molar-refractivity contribution in [3.8, 4) is 0 Å². The number of rotatable bonds is 0. The molecule has 1 saturated heterocycles. The zero-order valence-electron chi connectivity index (χ0n) is 10.1. The van der Waals surface area contributed by atoms with E-state index in [1.165, 1.54) is 6.42 Å². The third-order valence-corrected chi connectivity index (χ3v) is 6.13. The minimum Gasteiger partial charge on any atom is -0.393 e. The minimum absolute atomic E-state index is 0.0616. The van der Waals surface area contributed by atoms with E-state index in [1.54, 1.807) is 0 Å². The van der Waals surface area contributed by atoms with Crippen LogP contribution in [0, 0.1) is 22.2 Å². The van der Waals surface area contributed by atoms with E-state index in [0.717, 1.165) is 12.8 Å². The molecule has 0 radical (unpaired) electrons. The molecule has 3 atom stereocenters. The summed E-state index contributed by atoms with van der Waals surface area (Å²) >= 11 is 0. The first-order valence-corrected chi connectivity index (χ1v) is 6.09. The number of hydrogen-bond donors (Lipinski definition) is 0. The second kappa shape index (κ2) is 2.52. The van der Waals surface area contributed by atoms with Gasteiger partial charge in [0.1, 0.15) is 0 Å². The Morgan fingerprint density at radius 1 is 1.25 bits per heavy atom. The van der Waals surface area contributed by atoms with Crippen LogP contribution in [0.15, 0.2) is 0 Å². The van der Waals surface area contributed by atoms with Crippen LogP contribution in [-0.2, 0) is 14.3 Å². The third-order valence-electron chi connectivity index (χ3n) is 6.13. The van der Waals surface area contributed by atoms with Crippen molar-refractivity contribution in [1.29, 1.82) is 0 Å². The molecule has 0 aromatic carbocycles. The van der Waals surface area contributed by atoms with Gasteiger partial charge in [-0.25, -0.2) is 0 Å². The SMILES string of the molecule is CC1(C)[C@H]2CC[C@@]1(C)[C@@]1(CC(=O)OC1=O)C2. The summed E-state index contributed by atoms with van der Waals surface area (Å²) in [6.45, 7) is 6.67. The molecule has 1 aliphatic heterocycles. The van der Waals surface area contributed by atoms with Crippen LogP contribution in [0.25, 0.3) is 0 Å². The Morgan fingerprint density at radius 2 is 1.94 bits per heavy atom. The van der Waals surface area contributed by atoms with Gasteiger partial charge in [0.05, 0.1) is 11.8 Å². The Bertz CT molecular complexity index is 398. The maximum Gasteiger partial charge on any atom is 0.320 e. The van der Waals surface area contributed by atoms with Gasteiger partial charge in [0.25, 0.3) is 0 Å². The average molecular weight is 222 g/mol. The second-order valence-electron chi connectivity index (χ2n) is 6.51. The van der Waals surface area contributed by atoms with Gasteiger partial charge in [-0.05, 0) is 36.0 Å². The van der Waals surface area contributed by atoms with E-state index in [4.69, 9.17) is 4.74 Å². The standard InChI is InChI=1S/C13H18O3/c1-11(2)8-4-5-12(11,3)13(6-8)7-9(14)16-10(13)15/h8H,4-7H2,1-3H3/t8-,12+,13+/m0/s1. The zero-order chi connectivity index (χ0) is 11.8. The van der Waals surface area contributed by atoms with Crippen LogP contribution in [0.3, 0.4) is 0 Å². The van der Waals surface area contributed by atoms with Crippen LogP contribution in [0.4, 0.5) is 0 Å². The number of hydrogen-bond acceptors (Lipinski definition) is 3. The lowest BCUT2D eigenvalue weighted by Crippen LogP contribution is -2.44. The highest BCUT2D eigenvalue weighted by Crippen LogP contribution is 2.75. The molecule has 88 valence electrons. The second-order valence-corrected chi connectivity index (χ2v) is 6.51. The van der Waals surface area contributed by atoms with Crippen LogP contribution in [-0.4, -0.2) is 11.9 Å². The fourth-order valence-corrected chi connectivity index (χ4v) is 4.59. The van der Waals surface area contributed by atoms with E-state index in [1.807, 2.05) is 0 Å². The number of carbonyl (C=O) groups excluding carboxylic acids is 2. The number of cyclic esters (lactones) is 2. The third kappa shape index (κ3) is 0.802. The molecule has 3 heteroatoms.